The van der Waals surface area contributed by atoms with Crippen molar-refractivity contribution in [3.8, 4) is 28.3 Å². The van der Waals surface area contributed by atoms with Gasteiger partial charge in [0.15, 0.2) is 0 Å². The van der Waals surface area contributed by atoms with Crippen molar-refractivity contribution in [2.24, 2.45) is 0 Å². The van der Waals surface area contributed by atoms with Gasteiger partial charge in [-0.3, -0.25) is 0 Å². The Kier molecular flexibility index (Phi) is 4.62. The van der Waals surface area contributed by atoms with E-state index in [0.29, 0.717) is 5.56 Å². The number of rotatable bonds is 2. The van der Waals surface area contributed by atoms with Crippen molar-refractivity contribution in [3.63, 3.8) is 0 Å². The van der Waals surface area contributed by atoms with E-state index in [0.717, 1.165) is 27.5 Å². The van der Waals surface area contributed by atoms with E-state index in [1.54, 1.807) is 6.07 Å². The van der Waals surface area contributed by atoms with Gasteiger partial charge in [0, 0.05) is 10.8 Å². The summed E-state index contributed by atoms with van der Waals surface area (Å²) in [6.07, 6.45) is 0. The predicted octanol–water partition coefficient (Wildman–Crippen LogP) is 10.3. The average molecular weight is 496 g/mol. The molecule has 39 heavy (non-hydrogen) atoms. The first-order chi connectivity index (χ1) is 19.3. The first-order valence-electron chi connectivity index (χ1n) is 13.1. The van der Waals surface area contributed by atoms with E-state index >= 15 is 0 Å². The first kappa shape index (κ1) is 21.7. The van der Waals surface area contributed by atoms with Crippen LogP contribution in [0.5, 0.6) is 0 Å². The average Bonchev–Trinajstić information content (AvgIpc) is 3.37. The number of fused-ring (bicyclic) bond motifs is 8. The standard InChI is InChI=1S/C37H21NO/c38-22-23-14-16-36-34(18-23)35-19-25(15-17-37(35)39-36)31-21-33-28-12-6-4-10-26(28)30(24-8-2-1-3-9-24)20-32(33)29-13-7-5-11-27(29)31/h1-21H. The SMILES string of the molecule is N#Cc1ccc2oc3ccc(-c4cc5c6ccccc6c(-c6ccccc6)cc5c5ccccc45)cc3c2c1. The lowest BCUT2D eigenvalue weighted by molar-refractivity contribution is 0.669. The van der Waals surface area contributed by atoms with Gasteiger partial charge in [-0.2, -0.15) is 5.26 Å². The zero-order chi connectivity index (χ0) is 25.9. The third-order valence-corrected chi connectivity index (χ3v) is 7.88. The highest BCUT2D eigenvalue weighted by atomic mass is 16.3. The maximum Gasteiger partial charge on any atom is 0.135 e. The molecule has 2 nitrogen and oxygen atoms in total. The Morgan fingerprint density at radius 3 is 1.59 bits per heavy atom. The molecule has 7 aromatic carbocycles. The molecule has 0 atom stereocenters. The molecular formula is C37H21NO. The van der Waals surface area contributed by atoms with Gasteiger partial charge in [0.2, 0.25) is 0 Å². The highest BCUT2D eigenvalue weighted by Crippen LogP contribution is 2.42. The quantitative estimate of drug-likeness (QED) is 0.224. The second kappa shape index (κ2) is 8.31. The predicted molar refractivity (Wildman–Crippen MR) is 162 cm³/mol. The number of nitrogens with zero attached hydrogens (tertiary/aromatic N) is 1. The molecule has 0 N–H and O–H groups in total. The zero-order valence-corrected chi connectivity index (χ0v) is 21.0. The van der Waals surface area contributed by atoms with Gasteiger partial charge in [-0.25, -0.2) is 0 Å². The third-order valence-electron chi connectivity index (χ3n) is 7.88. The molecule has 0 saturated heterocycles. The van der Waals surface area contributed by atoms with Crippen LogP contribution in [0.2, 0.25) is 0 Å². The fraction of sp³-hybridized carbons (Fsp3) is 0. The Bertz CT molecular complexity index is 2280. The van der Waals surface area contributed by atoms with Crippen molar-refractivity contribution in [3.05, 3.63) is 133 Å². The number of nitriles is 1. The molecule has 0 spiro atoms. The van der Waals surface area contributed by atoms with Crippen LogP contribution in [-0.2, 0) is 0 Å². The number of hydrogen-bond acceptors (Lipinski definition) is 2. The molecule has 0 aliphatic carbocycles. The van der Waals surface area contributed by atoms with Crippen molar-refractivity contribution in [1.82, 2.24) is 0 Å². The van der Waals surface area contributed by atoms with Crippen molar-refractivity contribution in [2.45, 2.75) is 0 Å². The van der Waals surface area contributed by atoms with Gasteiger partial charge >= 0.3 is 0 Å². The minimum Gasteiger partial charge on any atom is -0.456 e. The smallest absolute Gasteiger partial charge is 0.135 e. The minimum atomic E-state index is 0.632. The first-order valence-corrected chi connectivity index (χ1v) is 13.1. The Balaban J connectivity index is 1.47. The van der Waals surface area contributed by atoms with Crippen LogP contribution in [0.4, 0.5) is 0 Å². The second-order valence-electron chi connectivity index (χ2n) is 10.0. The molecule has 0 unspecified atom stereocenters. The lowest BCUT2D eigenvalue weighted by Gasteiger charge is -2.16. The Morgan fingerprint density at radius 1 is 0.410 bits per heavy atom. The van der Waals surface area contributed by atoms with Gasteiger partial charge in [0.25, 0.3) is 0 Å². The van der Waals surface area contributed by atoms with Crippen molar-refractivity contribution >= 4 is 54.3 Å². The molecule has 8 rings (SSSR count). The minimum absolute atomic E-state index is 0.632. The maximum absolute atomic E-state index is 9.46. The summed E-state index contributed by atoms with van der Waals surface area (Å²) in [5.74, 6) is 0. The van der Waals surface area contributed by atoms with E-state index in [4.69, 9.17) is 4.42 Å². The topological polar surface area (TPSA) is 36.9 Å². The molecule has 0 aliphatic heterocycles. The summed E-state index contributed by atoms with van der Waals surface area (Å²) in [5.41, 5.74) is 7.03. The summed E-state index contributed by atoms with van der Waals surface area (Å²) >= 11 is 0. The second-order valence-corrected chi connectivity index (χ2v) is 10.0. The van der Waals surface area contributed by atoms with Crippen molar-refractivity contribution in [2.75, 3.05) is 0 Å². The van der Waals surface area contributed by atoms with Gasteiger partial charge in [-0.1, -0.05) is 84.9 Å². The van der Waals surface area contributed by atoms with Crippen LogP contribution < -0.4 is 0 Å². The third kappa shape index (κ3) is 3.27. The summed E-state index contributed by atoms with van der Waals surface area (Å²) in [6, 6.07) is 47.0. The molecular weight excluding hydrogens is 474 g/mol. The zero-order valence-electron chi connectivity index (χ0n) is 21.0. The Morgan fingerprint density at radius 2 is 0.949 bits per heavy atom. The summed E-state index contributed by atoms with van der Waals surface area (Å²) < 4.78 is 6.10. The number of furan rings is 1. The highest BCUT2D eigenvalue weighted by Gasteiger charge is 2.16. The Hall–Kier alpha value is -5.39. The fourth-order valence-corrected chi connectivity index (χ4v) is 6.06. The lowest BCUT2D eigenvalue weighted by atomic mass is 9.87. The van der Waals surface area contributed by atoms with Crippen molar-refractivity contribution in [1.29, 1.82) is 5.26 Å². The molecule has 0 fully saturated rings. The molecule has 0 bridgehead atoms. The molecule has 1 heterocycles. The molecule has 180 valence electrons. The normalized spacial score (nSPS) is 11.6. The fourth-order valence-electron chi connectivity index (χ4n) is 6.06. The van der Waals surface area contributed by atoms with Gasteiger partial charge in [-0.15, -0.1) is 0 Å². The molecule has 0 radical (unpaired) electrons. The van der Waals surface area contributed by atoms with Crippen LogP contribution in [0.25, 0.3) is 76.5 Å². The molecule has 2 heteroatoms. The van der Waals surface area contributed by atoms with Crippen molar-refractivity contribution < 1.29 is 4.42 Å². The van der Waals surface area contributed by atoms with Gasteiger partial charge in [0.1, 0.15) is 11.2 Å². The van der Waals surface area contributed by atoms with Gasteiger partial charge in [-0.05, 0) is 97.0 Å². The molecule has 8 aromatic rings. The van der Waals surface area contributed by atoms with E-state index in [1.807, 2.05) is 18.2 Å². The largest absolute Gasteiger partial charge is 0.456 e. The lowest BCUT2D eigenvalue weighted by Crippen LogP contribution is -1.89. The van der Waals surface area contributed by atoms with Crippen LogP contribution in [0, 0.1) is 11.3 Å². The van der Waals surface area contributed by atoms with Gasteiger partial charge < -0.3 is 4.42 Å². The summed E-state index contributed by atoms with van der Waals surface area (Å²) in [6.45, 7) is 0. The summed E-state index contributed by atoms with van der Waals surface area (Å²) in [7, 11) is 0. The summed E-state index contributed by atoms with van der Waals surface area (Å²) in [4.78, 5) is 0. The summed E-state index contributed by atoms with van der Waals surface area (Å²) in [5, 5.41) is 18.9. The van der Waals surface area contributed by atoms with E-state index in [1.165, 1.54) is 49.0 Å². The van der Waals surface area contributed by atoms with Crippen LogP contribution in [0.15, 0.2) is 132 Å². The van der Waals surface area contributed by atoms with Gasteiger partial charge in [0.05, 0.1) is 11.6 Å². The van der Waals surface area contributed by atoms with E-state index in [2.05, 4.69) is 109 Å². The molecule has 0 saturated carbocycles. The highest BCUT2D eigenvalue weighted by molar-refractivity contribution is 6.24. The Labute approximate surface area is 225 Å². The van der Waals surface area contributed by atoms with Crippen LogP contribution in [0.3, 0.4) is 0 Å². The molecule has 1 aromatic heterocycles. The maximum atomic E-state index is 9.46. The molecule has 0 amide bonds. The van der Waals surface area contributed by atoms with E-state index in [9.17, 15) is 5.26 Å². The van der Waals surface area contributed by atoms with Crippen LogP contribution in [-0.4, -0.2) is 0 Å². The van der Waals surface area contributed by atoms with Crippen LogP contribution in [0.1, 0.15) is 5.56 Å². The molecule has 0 aliphatic rings. The monoisotopic (exact) mass is 495 g/mol. The van der Waals surface area contributed by atoms with Crippen LogP contribution >= 0.6 is 0 Å². The van der Waals surface area contributed by atoms with E-state index < -0.39 is 0 Å². The number of hydrogen-bond donors (Lipinski definition) is 0. The number of benzene rings is 7. The van der Waals surface area contributed by atoms with E-state index in [-0.39, 0.29) is 0 Å².